The van der Waals surface area contributed by atoms with E-state index < -0.39 is 6.29 Å². The number of nitrogens with two attached hydrogens (primary N) is 1. The Labute approximate surface area is 163 Å². The third kappa shape index (κ3) is 3.32. The van der Waals surface area contributed by atoms with Gasteiger partial charge >= 0.3 is 0 Å². The Kier molecular flexibility index (Phi) is 4.98. The maximum Gasteiger partial charge on any atom is 0.160 e. The molecule has 3 aromatic rings. The minimum atomic E-state index is -0.426. The van der Waals surface area contributed by atoms with E-state index in [0.717, 1.165) is 33.6 Å². The summed E-state index contributed by atoms with van der Waals surface area (Å²) in [7, 11) is 3.21. The highest BCUT2D eigenvalue weighted by Gasteiger charge is 2.25. The molecule has 4 rings (SSSR count). The zero-order valence-electron chi connectivity index (χ0n) is 15.9. The molecule has 0 amide bonds. The lowest BCUT2D eigenvalue weighted by molar-refractivity contribution is -0.100. The number of halogens is 1. The number of aromatic nitrogens is 1. The minimum absolute atomic E-state index is 0.271. The molecule has 1 aliphatic rings. The first-order chi connectivity index (χ1) is 13.6. The smallest absolute Gasteiger partial charge is 0.160 e. The average Bonchev–Trinajstić information content (AvgIpc) is 2.98. The second kappa shape index (κ2) is 7.58. The molecule has 2 N–H and O–H groups in total. The van der Waals surface area contributed by atoms with Crippen molar-refractivity contribution in [1.82, 2.24) is 4.57 Å². The zero-order chi connectivity index (χ0) is 19.7. The predicted octanol–water partition coefficient (Wildman–Crippen LogP) is 3.85. The Hall–Kier alpha value is -2.96. The molecule has 0 saturated carbocycles. The number of ether oxygens (including phenoxy) is 2. The molecule has 2 heterocycles. The molecule has 1 aromatic heterocycles. The first-order valence-electron chi connectivity index (χ1n) is 9.06. The molecule has 0 radical (unpaired) electrons. The topological polar surface area (TPSA) is 61.8 Å². The highest BCUT2D eigenvalue weighted by Crippen LogP contribution is 2.34. The van der Waals surface area contributed by atoms with Crippen molar-refractivity contribution in [3.63, 3.8) is 0 Å². The fourth-order valence-electron chi connectivity index (χ4n) is 3.66. The van der Waals surface area contributed by atoms with Crippen molar-refractivity contribution in [3.05, 3.63) is 77.4 Å². The Morgan fingerprint density at radius 3 is 2.54 bits per heavy atom. The number of rotatable bonds is 5. The first-order valence-corrected chi connectivity index (χ1v) is 9.06. The van der Waals surface area contributed by atoms with Gasteiger partial charge in [0.1, 0.15) is 11.7 Å². The standard InChI is InChI=1S/C22H22FN3O2/c1-27-20(28-2)11-17-18(14-7-9-16(23)10-8-14)13-26-12-15-5-3-4-6-19(15)25-22(24)21(17)26/h3-10,13,20H,11-12H2,1-2H3,(H2,24,25). The van der Waals surface area contributed by atoms with E-state index in [1.165, 1.54) is 12.1 Å². The molecule has 0 spiro atoms. The van der Waals surface area contributed by atoms with Gasteiger partial charge in [-0.1, -0.05) is 30.3 Å². The predicted molar refractivity (Wildman–Crippen MR) is 107 cm³/mol. The number of aliphatic imine (C=N–C) groups is 1. The number of nitrogens with zero attached hydrogens (tertiary/aromatic N) is 2. The third-order valence-electron chi connectivity index (χ3n) is 5.05. The largest absolute Gasteiger partial charge is 0.382 e. The van der Waals surface area contributed by atoms with E-state index in [-0.39, 0.29) is 5.82 Å². The quantitative estimate of drug-likeness (QED) is 0.685. The Morgan fingerprint density at radius 1 is 1.11 bits per heavy atom. The van der Waals surface area contributed by atoms with Crippen molar-refractivity contribution in [1.29, 1.82) is 0 Å². The van der Waals surface area contributed by atoms with E-state index >= 15 is 0 Å². The summed E-state index contributed by atoms with van der Waals surface area (Å²) < 4.78 is 26.4. The number of fused-ring (bicyclic) bond motifs is 2. The van der Waals surface area contributed by atoms with Crippen LogP contribution in [0.4, 0.5) is 10.1 Å². The number of methoxy groups -OCH3 is 2. The van der Waals surface area contributed by atoms with Crippen LogP contribution in [0.2, 0.25) is 0 Å². The number of hydrogen-bond acceptors (Lipinski definition) is 4. The van der Waals surface area contributed by atoms with E-state index in [0.29, 0.717) is 18.8 Å². The van der Waals surface area contributed by atoms with Crippen LogP contribution in [0.1, 0.15) is 16.8 Å². The molecular formula is C22H22FN3O2. The van der Waals surface area contributed by atoms with Crippen molar-refractivity contribution in [2.75, 3.05) is 14.2 Å². The minimum Gasteiger partial charge on any atom is -0.382 e. The van der Waals surface area contributed by atoms with Gasteiger partial charge < -0.3 is 19.8 Å². The van der Waals surface area contributed by atoms with Gasteiger partial charge in [-0.15, -0.1) is 0 Å². The van der Waals surface area contributed by atoms with Crippen molar-refractivity contribution in [2.45, 2.75) is 19.3 Å². The van der Waals surface area contributed by atoms with Crippen molar-refractivity contribution in [2.24, 2.45) is 10.7 Å². The number of para-hydroxylation sites is 1. The second-order valence-electron chi connectivity index (χ2n) is 6.74. The van der Waals surface area contributed by atoms with Crippen LogP contribution < -0.4 is 5.73 Å². The van der Waals surface area contributed by atoms with Gasteiger partial charge in [0.05, 0.1) is 11.4 Å². The molecule has 28 heavy (non-hydrogen) atoms. The lowest BCUT2D eigenvalue weighted by Crippen LogP contribution is -2.22. The molecule has 0 atom stereocenters. The molecule has 1 aliphatic heterocycles. The van der Waals surface area contributed by atoms with E-state index in [1.807, 2.05) is 30.5 Å². The summed E-state index contributed by atoms with van der Waals surface area (Å²) in [5, 5.41) is 0. The zero-order valence-corrected chi connectivity index (χ0v) is 15.9. The fourth-order valence-corrected chi connectivity index (χ4v) is 3.66. The lowest BCUT2D eigenvalue weighted by Gasteiger charge is -2.16. The van der Waals surface area contributed by atoms with Crippen LogP contribution in [0.5, 0.6) is 0 Å². The average molecular weight is 379 g/mol. The van der Waals surface area contributed by atoms with Gasteiger partial charge in [-0.2, -0.15) is 0 Å². The molecule has 0 fully saturated rings. The fraction of sp³-hybridized carbons (Fsp3) is 0.227. The lowest BCUT2D eigenvalue weighted by atomic mass is 9.99. The van der Waals surface area contributed by atoms with E-state index in [4.69, 9.17) is 15.2 Å². The van der Waals surface area contributed by atoms with Crippen LogP contribution in [0.25, 0.3) is 11.1 Å². The SMILES string of the molecule is COC(Cc1c(-c2ccc(F)cc2)cn2c1C(N)=Nc1ccccc1C2)OC. The normalized spacial score (nSPS) is 13.1. The van der Waals surface area contributed by atoms with Crippen LogP contribution in [-0.2, 0) is 22.4 Å². The molecule has 144 valence electrons. The van der Waals surface area contributed by atoms with Crippen LogP contribution in [0, 0.1) is 5.82 Å². The number of hydrogen-bond donors (Lipinski definition) is 1. The molecule has 6 heteroatoms. The Bertz CT molecular complexity index is 1020. The van der Waals surface area contributed by atoms with Crippen LogP contribution in [0.15, 0.2) is 59.7 Å². The molecule has 0 bridgehead atoms. The van der Waals surface area contributed by atoms with Gasteiger partial charge in [-0.25, -0.2) is 9.38 Å². The Morgan fingerprint density at radius 2 is 1.82 bits per heavy atom. The summed E-state index contributed by atoms with van der Waals surface area (Å²) >= 11 is 0. The maximum atomic E-state index is 13.4. The number of amidine groups is 1. The van der Waals surface area contributed by atoms with Gasteiger partial charge in [-0.3, -0.25) is 0 Å². The van der Waals surface area contributed by atoms with Gasteiger partial charge in [0.25, 0.3) is 0 Å². The third-order valence-corrected chi connectivity index (χ3v) is 5.05. The Balaban J connectivity index is 1.90. The van der Waals surface area contributed by atoms with Gasteiger partial charge in [0.15, 0.2) is 6.29 Å². The summed E-state index contributed by atoms with van der Waals surface area (Å²) in [6.07, 6.45) is 2.11. The molecule has 5 nitrogen and oxygen atoms in total. The first kappa shape index (κ1) is 18.4. The second-order valence-corrected chi connectivity index (χ2v) is 6.74. The molecule has 0 saturated heterocycles. The summed E-state index contributed by atoms with van der Waals surface area (Å²) in [5.74, 6) is 0.173. The summed E-state index contributed by atoms with van der Waals surface area (Å²) in [5.41, 5.74) is 12.1. The van der Waals surface area contributed by atoms with Crippen molar-refractivity contribution in [3.8, 4) is 11.1 Å². The van der Waals surface area contributed by atoms with Gasteiger partial charge in [0.2, 0.25) is 0 Å². The van der Waals surface area contributed by atoms with Gasteiger partial charge in [0, 0.05) is 38.9 Å². The van der Waals surface area contributed by atoms with Crippen molar-refractivity contribution >= 4 is 11.5 Å². The van der Waals surface area contributed by atoms with E-state index in [9.17, 15) is 4.39 Å². The highest BCUT2D eigenvalue weighted by molar-refractivity contribution is 6.01. The monoisotopic (exact) mass is 379 g/mol. The van der Waals surface area contributed by atoms with Gasteiger partial charge in [-0.05, 0) is 34.9 Å². The highest BCUT2D eigenvalue weighted by atomic mass is 19.1. The van der Waals surface area contributed by atoms with E-state index in [2.05, 4.69) is 9.56 Å². The van der Waals surface area contributed by atoms with Crippen LogP contribution in [0.3, 0.4) is 0 Å². The van der Waals surface area contributed by atoms with Crippen LogP contribution >= 0.6 is 0 Å². The maximum absolute atomic E-state index is 13.4. The molecule has 2 aromatic carbocycles. The summed E-state index contributed by atoms with van der Waals surface area (Å²) in [6, 6.07) is 14.4. The molecule has 0 unspecified atom stereocenters. The molecule has 0 aliphatic carbocycles. The molecular weight excluding hydrogens is 357 g/mol. The number of benzene rings is 2. The van der Waals surface area contributed by atoms with Crippen LogP contribution in [-0.4, -0.2) is 30.9 Å². The van der Waals surface area contributed by atoms with Crippen molar-refractivity contribution < 1.29 is 13.9 Å². The summed E-state index contributed by atoms with van der Waals surface area (Å²) in [4.78, 5) is 4.65. The summed E-state index contributed by atoms with van der Waals surface area (Å²) in [6.45, 7) is 0.647. The van der Waals surface area contributed by atoms with E-state index in [1.54, 1.807) is 26.4 Å².